The van der Waals surface area contributed by atoms with Crippen molar-refractivity contribution in [3.8, 4) is 0 Å². The quantitative estimate of drug-likeness (QED) is 0.734. The minimum Gasteiger partial charge on any atom is -0.480 e. The molecule has 0 saturated carbocycles. The number of nitrogens with zero attached hydrogens (tertiary/aromatic N) is 2. The summed E-state index contributed by atoms with van der Waals surface area (Å²) in [5.41, 5.74) is -1.24. The molecular weight excluding hydrogens is 198 g/mol. The Kier molecular flexibility index (Phi) is 2.99. The van der Waals surface area contributed by atoms with Crippen LogP contribution in [0, 0.1) is 0 Å². The molecule has 0 atom stereocenters. The first-order valence-electron chi connectivity index (χ1n) is 4.25. The lowest BCUT2D eigenvalue weighted by atomic mass is 10.1. The van der Waals surface area contributed by atoms with Crippen LogP contribution in [0.1, 0.15) is 24.3 Å². The molecule has 1 aromatic rings. The second-order valence-corrected chi connectivity index (χ2v) is 3.47. The van der Waals surface area contributed by atoms with Crippen molar-refractivity contribution in [3.05, 3.63) is 24.3 Å². The highest BCUT2D eigenvalue weighted by atomic mass is 16.4. The van der Waals surface area contributed by atoms with Gasteiger partial charge in [-0.05, 0) is 13.8 Å². The molecule has 15 heavy (non-hydrogen) atoms. The summed E-state index contributed by atoms with van der Waals surface area (Å²) in [6.07, 6.45) is 4.06. The van der Waals surface area contributed by atoms with Crippen LogP contribution in [0.5, 0.6) is 0 Å². The van der Waals surface area contributed by atoms with E-state index in [-0.39, 0.29) is 5.69 Å². The fourth-order valence-corrected chi connectivity index (χ4v) is 0.818. The maximum atomic E-state index is 11.5. The summed E-state index contributed by atoms with van der Waals surface area (Å²) in [4.78, 5) is 29.7. The van der Waals surface area contributed by atoms with E-state index in [0.29, 0.717) is 0 Å². The van der Waals surface area contributed by atoms with Gasteiger partial charge in [0, 0.05) is 12.4 Å². The molecule has 0 spiro atoms. The van der Waals surface area contributed by atoms with Crippen molar-refractivity contribution in [2.75, 3.05) is 0 Å². The van der Waals surface area contributed by atoms with Gasteiger partial charge in [-0.25, -0.2) is 9.78 Å². The minimum atomic E-state index is -1.32. The van der Waals surface area contributed by atoms with Crippen LogP contribution in [0.4, 0.5) is 0 Å². The van der Waals surface area contributed by atoms with Crippen molar-refractivity contribution >= 4 is 11.9 Å². The predicted octanol–water partition coefficient (Wildman–Crippen LogP) is 0.0696. The van der Waals surface area contributed by atoms with Crippen molar-refractivity contribution in [2.45, 2.75) is 19.4 Å². The number of amides is 1. The second kappa shape index (κ2) is 4.04. The van der Waals surface area contributed by atoms with Gasteiger partial charge in [0.1, 0.15) is 11.2 Å². The van der Waals surface area contributed by atoms with Gasteiger partial charge in [-0.1, -0.05) is 0 Å². The lowest BCUT2D eigenvalue weighted by Crippen LogP contribution is -2.49. The third kappa shape index (κ3) is 2.73. The molecule has 0 unspecified atom stereocenters. The number of nitrogens with one attached hydrogen (secondary N) is 1. The van der Waals surface area contributed by atoms with E-state index in [1.165, 1.54) is 32.4 Å². The molecule has 0 aliphatic carbocycles. The van der Waals surface area contributed by atoms with Crippen molar-refractivity contribution in [1.82, 2.24) is 15.3 Å². The first-order valence-corrected chi connectivity index (χ1v) is 4.25. The number of aromatic nitrogens is 2. The third-order valence-corrected chi connectivity index (χ3v) is 1.76. The van der Waals surface area contributed by atoms with E-state index in [4.69, 9.17) is 5.11 Å². The summed E-state index contributed by atoms with van der Waals surface area (Å²) in [6, 6.07) is 0. The minimum absolute atomic E-state index is 0.0897. The molecule has 0 radical (unpaired) electrons. The molecule has 0 aliphatic heterocycles. The third-order valence-electron chi connectivity index (χ3n) is 1.76. The monoisotopic (exact) mass is 209 g/mol. The maximum absolute atomic E-state index is 11.5. The van der Waals surface area contributed by atoms with E-state index in [2.05, 4.69) is 15.3 Å². The highest BCUT2D eigenvalue weighted by Gasteiger charge is 2.29. The zero-order valence-electron chi connectivity index (χ0n) is 8.39. The molecule has 0 aliphatic rings. The van der Waals surface area contributed by atoms with E-state index in [0.717, 1.165) is 0 Å². The van der Waals surface area contributed by atoms with Crippen LogP contribution in [-0.4, -0.2) is 32.5 Å². The normalized spacial score (nSPS) is 10.8. The molecule has 1 amide bonds. The van der Waals surface area contributed by atoms with Gasteiger partial charge >= 0.3 is 5.97 Å². The molecule has 1 aromatic heterocycles. The Morgan fingerprint density at radius 2 is 2.07 bits per heavy atom. The molecule has 80 valence electrons. The van der Waals surface area contributed by atoms with Crippen LogP contribution in [0.2, 0.25) is 0 Å². The van der Waals surface area contributed by atoms with Crippen LogP contribution in [0.3, 0.4) is 0 Å². The summed E-state index contributed by atoms with van der Waals surface area (Å²) in [7, 11) is 0. The molecule has 0 saturated heterocycles. The van der Waals surface area contributed by atoms with Gasteiger partial charge in [-0.15, -0.1) is 0 Å². The summed E-state index contributed by atoms with van der Waals surface area (Å²) in [6.45, 7) is 2.78. The SMILES string of the molecule is CC(C)(NC(=O)c1cnccn1)C(=O)O. The second-order valence-electron chi connectivity index (χ2n) is 3.47. The van der Waals surface area contributed by atoms with Crippen molar-refractivity contribution in [2.24, 2.45) is 0 Å². The largest absolute Gasteiger partial charge is 0.480 e. The number of rotatable bonds is 3. The lowest BCUT2D eigenvalue weighted by Gasteiger charge is -2.20. The summed E-state index contributed by atoms with van der Waals surface area (Å²) in [5.74, 6) is -1.67. The van der Waals surface area contributed by atoms with E-state index in [9.17, 15) is 9.59 Å². The van der Waals surface area contributed by atoms with Gasteiger partial charge < -0.3 is 10.4 Å². The highest BCUT2D eigenvalue weighted by Crippen LogP contribution is 2.03. The number of carbonyl (C=O) groups is 2. The van der Waals surface area contributed by atoms with Gasteiger partial charge in [0.05, 0.1) is 6.20 Å². The molecule has 1 heterocycles. The van der Waals surface area contributed by atoms with Gasteiger partial charge in [0.25, 0.3) is 5.91 Å². The Hall–Kier alpha value is -1.98. The van der Waals surface area contributed by atoms with Gasteiger partial charge in [-0.3, -0.25) is 9.78 Å². The molecule has 6 heteroatoms. The van der Waals surface area contributed by atoms with E-state index in [1.54, 1.807) is 0 Å². The zero-order chi connectivity index (χ0) is 11.5. The van der Waals surface area contributed by atoms with Gasteiger partial charge in [-0.2, -0.15) is 0 Å². The Morgan fingerprint density at radius 1 is 1.40 bits per heavy atom. The molecular formula is C9H11N3O3. The van der Waals surface area contributed by atoms with E-state index < -0.39 is 17.4 Å². The lowest BCUT2D eigenvalue weighted by molar-refractivity contribution is -0.143. The number of carboxylic acids is 1. The Bertz CT molecular complexity index is 375. The molecule has 0 bridgehead atoms. The average molecular weight is 209 g/mol. The summed E-state index contributed by atoms with van der Waals surface area (Å²) >= 11 is 0. The summed E-state index contributed by atoms with van der Waals surface area (Å²) in [5, 5.41) is 11.1. The van der Waals surface area contributed by atoms with E-state index >= 15 is 0 Å². The number of carboxylic acid groups (broad SMARTS) is 1. The number of aliphatic carboxylic acids is 1. The Labute approximate surface area is 86.4 Å². The molecule has 2 N–H and O–H groups in total. The zero-order valence-corrected chi connectivity index (χ0v) is 8.39. The smallest absolute Gasteiger partial charge is 0.328 e. The molecule has 0 aromatic carbocycles. The summed E-state index contributed by atoms with van der Waals surface area (Å²) < 4.78 is 0. The maximum Gasteiger partial charge on any atom is 0.328 e. The Morgan fingerprint density at radius 3 is 2.53 bits per heavy atom. The van der Waals surface area contributed by atoms with Gasteiger partial charge in [0.2, 0.25) is 0 Å². The first kappa shape index (κ1) is 11.1. The fraction of sp³-hybridized carbons (Fsp3) is 0.333. The van der Waals surface area contributed by atoms with Crippen LogP contribution in [0.25, 0.3) is 0 Å². The number of carbonyl (C=O) groups excluding carboxylic acids is 1. The predicted molar refractivity (Wildman–Crippen MR) is 51.2 cm³/mol. The van der Waals surface area contributed by atoms with Crippen molar-refractivity contribution in [1.29, 1.82) is 0 Å². The van der Waals surface area contributed by atoms with Crippen LogP contribution < -0.4 is 5.32 Å². The molecule has 0 fully saturated rings. The standard InChI is InChI=1S/C9H11N3O3/c1-9(2,8(14)15)12-7(13)6-5-10-3-4-11-6/h3-5H,1-2H3,(H,12,13)(H,14,15). The van der Waals surface area contributed by atoms with Crippen LogP contribution in [0.15, 0.2) is 18.6 Å². The topological polar surface area (TPSA) is 92.2 Å². The average Bonchev–Trinajstić information content (AvgIpc) is 2.18. The van der Waals surface area contributed by atoms with Gasteiger partial charge in [0.15, 0.2) is 0 Å². The molecule has 6 nitrogen and oxygen atoms in total. The van der Waals surface area contributed by atoms with Crippen LogP contribution >= 0.6 is 0 Å². The highest BCUT2D eigenvalue weighted by molar-refractivity contribution is 5.95. The number of hydrogen-bond acceptors (Lipinski definition) is 4. The van der Waals surface area contributed by atoms with E-state index in [1.807, 2.05) is 0 Å². The number of hydrogen-bond donors (Lipinski definition) is 2. The fourth-order valence-electron chi connectivity index (χ4n) is 0.818. The molecule has 1 rings (SSSR count). The first-order chi connectivity index (χ1) is 6.93. The van der Waals surface area contributed by atoms with Crippen molar-refractivity contribution in [3.63, 3.8) is 0 Å². The Balaban J connectivity index is 2.77. The van der Waals surface area contributed by atoms with Crippen LogP contribution in [-0.2, 0) is 4.79 Å². The van der Waals surface area contributed by atoms with Crippen molar-refractivity contribution < 1.29 is 14.7 Å².